The van der Waals surface area contributed by atoms with Crippen molar-refractivity contribution in [1.82, 2.24) is 41.0 Å². The molecule has 6 N–H and O–H groups in total. The first-order valence-electron chi connectivity index (χ1n) is 19.2. The third-order valence-electron chi connectivity index (χ3n) is 9.99. The zero-order valence-electron chi connectivity index (χ0n) is 33.2. The van der Waals surface area contributed by atoms with Gasteiger partial charge in [0.25, 0.3) is 11.8 Å². The molecule has 0 saturated carbocycles. The van der Waals surface area contributed by atoms with Crippen LogP contribution < -0.4 is 21.3 Å². The molecule has 2 aliphatic rings. The quantitative estimate of drug-likeness (QED) is 0.115. The molecule has 1 aromatic heterocycles. The monoisotopic (exact) mass is 808 g/mol. The molecule has 1 aromatic carbocycles. The predicted molar refractivity (Wildman–Crippen MR) is 204 cm³/mol. The molecule has 0 radical (unpaired) electrons. The van der Waals surface area contributed by atoms with Crippen LogP contribution in [0.4, 0.5) is 4.79 Å². The molecule has 1 saturated heterocycles. The number of carboxylic acid groups (broad SMARTS) is 1. The second kappa shape index (κ2) is 20.4. The van der Waals surface area contributed by atoms with E-state index in [0.717, 1.165) is 16.0 Å². The number of nitrogens with zero attached hydrogens (tertiary/aromatic N) is 4. The van der Waals surface area contributed by atoms with Crippen LogP contribution in [0.15, 0.2) is 42.9 Å². The molecule has 3 heterocycles. The third-order valence-corrected chi connectivity index (χ3v) is 9.99. The number of ketones is 1. The number of aliphatic carboxylic acids is 1. The minimum Gasteiger partial charge on any atom is -0.480 e. The first kappa shape index (κ1) is 44.7. The van der Waals surface area contributed by atoms with Gasteiger partial charge in [0, 0.05) is 31.9 Å². The van der Waals surface area contributed by atoms with Gasteiger partial charge >= 0.3 is 12.1 Å². The third kappa shape index (κ3) is 11.3. The molecule has 19 heteroatoms. The maximum Gasteiger partial charge on any atom is 0.410 e. The van der Waals surface area contributed by atoms with Crippen molar-refractivity contribution in [2.45, 2.75) is 103 Å². The van der Waals surface area contributed by atoms with Crippen molar-refractivity contribution in [3.05, 3.63) is 59.7 Å². The second-order valence-electron chi connectivity index (χ2n) is 15.0. The molecule has 6 atom stereocenters. The molecule has 0 spiro atoms. The number of aliphatic hydroxyl groups is 1. The van der Waals surface area contributed by atoms with Crippen molar-refractivity contribution < 1.29 is 53.3 Å². The molecule has 1 fully saturated rings. The number of hydrogen-bond acceptors (Lipinski definition) is 12. The number of Topliss-reactive ketones (excluding diaryl/α,β-unsaturated/α-hetero) is 1. The van der Waals surface area contributed by atoms with Gasteiger partial charge in [-0.15, -0.1) is 0 Å². The van der Waals surface area contributed by atoms with Crippen molar-refractivity contribution in [1.29, 1.82) is 0 Å². The summed E-state index contributed by atoms with van der Waals surface area (Å²) in [5.74, 6) is -7.99. The van der Waals surface area contributed by atoms with Crippen LogP contribution >= 0.6 is 0 Å². The molecular formula is C39H52N8O11. The molecule has 6 amide bonds. The molecule has 0 bridgehead atoms. The van der Waals surface area contributed by atoms with Crippen LogP contribution in [0.1, 0.15) is 75.5 Å². The highest BCUT2D eigenvalue weighted by molar-refractivity contribution is 6.38. The fourth-order valence-electron chi connectivity index (χ4n) is 6.74. The summed E-state index contributed by atoms with van der Waals surface area (Å²) in [7, 11) is 0. The number of aromatic nitrogens is 2. The van der Waals surface area contributed by atoms with E-state index in [1.54, 1.807) is 34.6 Å². The van der Waals surface area contributed by atoms with Crippen LogP contribution in [-0.2, 0) is 46.5 Å². The van der Waals surface area contributed by atoms with Gasteiger partial charge in [-0.05, 0) is 35.8 Å². The molecule has 0 aliphatic carbocycles. The Balaban J connectivity index is 1.58. The molecule has 2 aliphatic heterocycles. The number of carbonyl (C=O) groups is 8. The van der Waals surface area contributed by atoms with E-state index in [0.29, 0.717) is 25.9 Å². The SMILES string of the molecule is CCCC(NC(=O)[C@@H]1C[C@@H](OC(=O)N2CCc3ccccc3C2)CN1C(=O)[C@H](NC(=O)[C@H](NC(=O)c1cnccn1)C(C)C)C(C)C)C(=O)C(=O)N[C@@H](CO)C(=O)O. The fourth-order valence-corrected chi connectivity index (χ4v) is 6.74. The van der Waals surface area contributed by atoms with E-state index in [1.165, 1.54) is 23.5 Å². The van der Waals surface area contributed by atoms with Gasteiger partial charge in [-0.1, -0.05) is 65.3 Å². The zero-order valence-corrected chi connectivity index (χ0v) is 33.2. The lowest BCUT2D eigenvalue weighted by Gasteiger charge is -2.32. The standard InChI is InChI=1S/C39H52N8O11/c1-6-9-26(32(49)36(53)43-28(20-48)38(55)56)42-34(51)29-16-25(58-39(57)46-15-12-23-10-7-8-11-24(23)18-46)19-47(29)37(54)31(22(4)5)45-35(52)30(21(2)3)44-33(50)27-17-40-13-14-41-27/h7-8,10-11,13-14,17,21-22,25-26,28-31,48H,6,9,12,15-16,18-20H2,1-5H3,(H,42,51)(H,43,53)(H,44,50)(H,45,52)(H,55,56)/t25-,26?,28+,29+,30-,31-/m1/s1. The zero-order chi connectivity index (χ0) is 42.7. The topological polar surface area (TPSA) is 267 Å². The number of carboxylic acids is 1. The predicted octanol–water partition coefficient (Wildman–Crippen LogP) is -0.0481. The summed E-state index contributed by atoms with van der Waals surface area (Å²) in [6, 6.07) is 0.785. The minimum atomic E-state index is -1.76. The first-order valence-corrected chi connectivity index (χ1v) is 19.2. The number of benzene rings is 1. The summed E-state index contributed by atoms with van der Waals surface area (Å²) in [5.41, 5.74) is 2.04. The Morgan fingerprint density at radius 1 is 0.897 bits per heavy atom. The van der Waals surface area contributed by atoms with Gasteiger partial charge in [-0.3, -0.25) is 33.8 Å². The number of rotatable bonds is 17. The maximum absolute atomic E-state index is 14.5. The van der Waals surface area contributed by atoms with E-state index in [4.69, 9.17) is 4.74 Å². The summed E-state index contributed by atoms with van der Waals surface area (Å²) in [6.45, 7) is 7.87. The van der Waals surface area contributed by atoms with Crippen LogP contribution in [0.3, 0.4) is 0 Å². The second-order valence-corrected chi connectivity index (χ2v) is 15.0. The normalized spacial score (nSPS) is 18.3. The highest BCUT2D eigenvalue weighted by Crippen LogP contribution is 2.26. The first-order chi connectivity index (χ1) is 27.6. The number of nitrogens with one attached hydrogen (secondary N) is 4. The van der Waals surface area contributed by atoms with Gasteiger partial charge in [-0.2, -0.15) is 0 Å². The van der Waals surface area contributed by atoms with Gasteiger partial charge in [0.2, 0.25) is 23.5 Å². The fraction of sp³-hybridized carbons (Fsp3) is 0.538. The highest BCUT2D eigenvalue weighted by Gasteiger charge is 2.46. The number of ether oxygens (including phenoxy) is 1. The number of likely N-dealkylation sites (tertiary alicyclic amines) is 1. The largest absolute Gasteiger partial charge is 0.480 e. The Morgan fingerprint density at radius 2 is 1.59 bits per heavy atom. The minimum absolute atomic E-state index is 0.0230. The summed E-state index contributed by atoms with van der Waals surface area (Å²) < 4.78 is 5.88. The van der Waals surface area contributed by atoms with Crippen molar-refractivity contribution in [2.75, 3.05) is 19.7 Å². The van der Waals surface area contributed by atoms with Crippen molar-refractivity contribution in [2.24, 2.45) is 11.8 Å². The number of hydrogen-bond donors (Lipinski definition) is 6. The van der Waals surface area contributed by atoms with E-state index in [-0.39, 0.29) is 25.1 Å². The van der Waals surface area contributed by atoms with Crippen LogP contribution in [0.25, 0.3) is 0 Å². The van der Waals surface area contributed by atoms with Gasteiger partial charge < -0.3 is 46.0 Å². The Bertz CT molecular complexity index is 1840. The lowest BCUT2D eigenvalue weighted by molar-refractivity contribution is -0.146. The molecular weight excluding hydrogens is 756 g/mol. The Labute approximate surface area is 335 Å². The van der Waals surface area contributed by atoms with E-state index in [9.17, 15) is 48.6 Å². The molecule has 58 heavy (non-hydrogen) atoms. The Morgan fingerprint density at radius 3 is 2.19 bits per heavy atom. The average Bonchev–Trinajstić information content (AvgIpc) is 3.63. The Hall–Kier alpha value is -5.98. The van der Waals surface area contributed by atoms with Gasteiger partial charge in [-0.25, -0.2) is 14.6 Å². The summed E-state index contributed by atoms with van der Waals surface area (Å²) in [5, 5.41) is 28.4. The lowest BCUT2D eigenvalue weighted by Crippen LogP contribution is -2.60. The van der Waals surface area contributed by atoms with Gasteiger partial charge in [0.15, 0.2) is 6.04 Å². The number of carbonyl (C=O) groups excluding carboxylic acids is 7. The summed E-state index contributed by atoms with van der Waals surface area (Å²) >= 11 is 0. The number of fused-ring (bicyclic) bond motifs is 1. The smallest absolute Gasteiger partial charge is 0.410 e. The van der Waals surface area contributed by atoms with Crippen LogP contribution in [0.5, 0.6) is 0 Å². The van der Waals surface area contributed by atoms with Crippen LogP contribution in [0, 0.1) is 11.8 Å². The van der Waals surface area contributed by atoms with Crippen molar-refractivity contribution in [3.8, 4) is 0 Å². The molecule has 2 aromatic rings. The summed E-state index contributed by atoms with van der Waals surface area (Å²) in [6.07, 6.45) is 2.98. The molecule has 19 nitrogen and oxygen atoms in total. The number of aliphatic hydroxyl groups excluding tert-OH is 1. The van der Waals surface area contributed by atoms with E-state index in [2.05, 4.69) is 25.9 Å². The molecule has 314 valence electrons. The van der Waals surface area contributed by atoms with Gasteiger partial charge in [0.05, 0.1) is 25.4 Å². The number of amides is 6. The van der Waals surface area contributed by atoms with Crippen molar-refractivity contribution in [3.63, 3.8) is 0 Å². The van der Waals surface area contributed by atoms with E-state index < -0.39 is 102 Å². The van der Waals surface area contributed by atoms with E-state index in [1.807, 2.05) is 29.6 Å². The lowest BCUT2D eigenvalue weighted by atomic mass is 9.98. The Kier molecular flexibility index (Phi) is 15.8. The van der Waals surface area contributed by atoms with Crippen LogP contribution in [0.2, 0.25) is 0 Å². The van der Waals surface area contributed by atoms with Gasteiger partial charge in [0.1, 0.15) is 29.9 Å². The average molecular weight is 809 g/mol. The van der Waals surface area contributed by atoms with Crippen molar-refractivity contribution >= 4 is 47.4 Å². The maximum atomic E-state index is 14.5. The van der Waals surface area contributed by atoms with Crippen LogP contribution in [-0.4, -0.2) is 133 Å². The highest BCUT2D eigenvalue weighted by atomic mass is 16.6. The molecule has 1 unspecified atom stereocenters. The van der Waals surface area contributed by atoms with E-state index >= 15 is 0 Å². The molecule has 4 rings (SSSR count). The summed E-state index contributed by atoms with van der Waals surface area (Å²) in [4.78, 5) is 117.